The minimum Gasteiger partial charge on any atom is -0.465 e. The minimum absolute atomic E-state index is 0.106. The Bertz CT molecular complexity index is 5250. The van der Waals surface area contributed by atoms with E-state index in [9.17, 15) is 19.2 Å². The van der Waals surface area contributed by atoms with Gasteiger partial charge in [-0.1, -0.05) is 203 Å². The predicted molar refractivity (Wildman–Crippen MR) is 444 cm³/mol. The third-order valence-electron chi connectivity index (χ3n) is 20.7. The quantitative estimate of drug-likeness (QED) is 0.0936. The zero-order valence-corrected chi connectivity index (χ0v) is 63.5. The number of rotatable bonds is 11. The monoisotopic (exact) mass is 1460 g/mol. The van der Waals surface area contributed by atoms with Gasteiger partial charge in [0.15, 0.2) is 15.3 Å². The van der Waals surface area contributed by atoms with Crippen LogP contribution < -0.4 is 0 Å². The van der Waals surface area contributed by atoms with Crippen LogP contribution in [0.4, 0.5) is 0 Å². The number of hydrogen-bond donors (Lipinski definition) is 0. The average Bonchev–Trinajstić information content (AvgIpc) is 0.666. The largest absolute Gasteiger partial charge is 0.465 e. The van der Waals surface area contributed by atoms with Crippen LogP contribution in [0.1, 0.15) is 186 Å². The van der Waals surface area contributed by atoms with Crippen LogP contribution in [-0.2, 0) is 58.0 Å². The van der Waals surface area contributed by atoms with Gasteiger partial charge in [-0.3, -0.25) is 14.4 Å². The lowest BCUT2D eigenvalue weighted by molar-refractivity contribution is -0.109. The fourth-order valence-corrected chi connectivity index (χ4v) is 17.5. The molecule has 0 atom stereocenters. The molecule has 4 aliphatic carbocycles. The summed E-state index contributed by atoms with van der Waals surface area (Å²) in [6.07, 6.45) is 5.84. The van der Waals surface area contributed by atoms with Crippen molar-refractivity contribution in [3.05, 3.63) is 389 Å². The van der Waals surface area contributed by atoms with Gasteiger partial charge < -0.3 is 4.74 Å². The fourth-order valence-electron chi connectivity index (χ4n) is 15.8. The highest BCUT2D eigenvalue weighted by Gasteiger charge is 2.69. The van der Waals surface area contributed by atoms with E-state index < -0.39 is 0 Å². The van der Waals surface area contributed by atoms with Crippen molar-refractivity contribution in [1.29, 1.82) is 0 Å². The molecule has 15 rings (SSSR count). The van der Waals surface area contributed by atoms with Crippen molar-refractivity contribution in [2.75, 3.05) is 7.11 Å². The fraction of sp³-hybridized carbons (Fsp3) is 0.168. The van der Waals surface area contributed by atoms with E-state index in [4.69, 9.17) is 4.74 Å². The number of carbonyl (C=O) groups excluding carboxylic acids is 4. The van der Waals surface area contributed by atoms with Crippen LogP contribution in [0.2, 0.25) is 0 Å². The molecule has 4 aliphatic rings. The van der Waals surface area contributed by atoms with Gasteiger partial charge in [-0.25, -0.2) is 4.79 Å². The van der Waals surface area contributed by atoms with E-state index in [0.29, 0.717) is 22.8 Å². The molecule has 11 aromatic rings. The number of methoxy groups -OCH3 is 1. The molecule has 4 fully saturated rings. The molecule has 0 amide bonds. The van der Waals surface area contributed by atoms with Gasteiger partial charge >= 0.3 is 5.97 Å². The molecule has 0 N–H and O–H groups in total. The first-order chi connectivity index (χ1) is 53.0. The molecule has 5 nitrogen and oxygen atoms in total. The molecule has 0 aliphatic heterocycles. The normalized spacial score (nSPS) is 17.3. The summed E-state index contributed by atoms with van der Waals surface area (Å²) in [7, 11) is 1.39. The topological polar surface area (TPSA) is 77.5 Å². The lowest BCUT2D eigenvalue weighted by atomic mass is 9.32. The van der Waals surface area contributed by atoms with Gasteiger partial charge in [0.1, 0.15) is 0 Å². The van der Waals surface area contributed by atoms with Gasteiger partial charge in [-0.2, -0.15) is 0 Å². The molecular weight excluding hydrogens is 1390 g/mol. The van der Waals surface area contributed by atoms with E-state index in [0.717, 1.165) is 133 Å². The van der Waals surface area contributed by atoms with Crippen LogP contribution in [0.25, 0.3) is 0 Å². The third-order valence-corrected chi connectivity index (χ3v) is 23.3. The number of carbonyl (C=O) groups is 4. The number of ether oxygens (including phenoxy) is 1. The highest BCUT2D eigenvalue weighted by Crippen LogP contribution is 2.75. The van der Waals surface area contributed by atoms with Crippen molar-refractivity contribution in [2.24, 2.45) is 0 Å². The Hall–Kier alpha value is -12.1. The van der Waals surface area contributed by atoms with E-state index in [1.165, 1.54) is 64.6 Å². The summed E-state index contributed by atoms with van der Waals surface area (Å²) in [5, 5.41) is 0.318. The van der Waals surface area contributed by atoms with Gasteiger partial charge in [0.05, 0.1) is 12.7 Å². The number of hydrogen-bond acceptors (Lipinski definition) is 8. The van der Waals surface area contributed by atoms with Gasteiger partial charge in [-0.15, -0.1) is 0 Å². The summed E-state index contributed by atoms with van der Waals surface area (Å²) in [5.74, 6) is 48.9. The lowest BCUT2D eigenvalue weighted by Gasteiger charge is -2.71. The van der Waals surface area contributed by atoms with Crippen molar-refractivity contribution in [2.45, 2.75) is 98.2 Å². The van der Waals surface area contributed by atoms with Gasteiger partial charge in [0, 0.05) is 116 Å². The first-order valence-electron chi connectivity index (χ1n) is 36.2. The number of benzene rings is 11. The van der Waals surface area contributed by atoms with Crippen LogP contribution in [-0.4, -0.2) is 28.4 Å². The highest BCUT2D eigenvalue weighted by molar-refractivity contribution is 8.13. The second-order valence-electron chi connectivity index (χ2n) is 28.5. The highest BCUT2D eigenvalue weighted by atomic mass is 32.2. The number of thioether (sulfide) groups is 3. The Morgan fingerprint density at radius 2 is 0.394 bits per heavy atom. The van der Waals surface area contributed by atoms with E-state index >= 15 is 0 Å². The maximum Gasteiger partial charge on any atom is 0.337 e. The van der Waals surface area contributed by atoms with Crippen molar-refractivity contribution in [3.8, 4) is 82.9 Å². The van der Waals surface area contributed by atoms with Crippen molar-refractivity contribution >= 4 is 56.6 Å². The summed E-state index contributed by atoms with van der Waals surface area (Å²) >= 11 is 3.92. The summed E-state index contributed by atoms with van der Waals surface area (Å²) < 4.78 is 4.95. The average molecular weight is 1460 g/mol. The maximum atomic E-state index is 12.2. The standard InChI is InChI=1S/C101H74O5S3/c1-72(102)107-63-89-37-31-81(32-38-89)20-17-75-5-11-78(12-6-75)23-27-85-45-55-93(56-46-85)98-66-99(94-57-47-86(48-58-94)28-24-79-13-7-76(8-14-79)18-21-82-33-39-90(40-34-82)64-108-73(2)103)68-100(67-98,71-101(69-98,70-99)96-61-51-88(52-62-96)30-26-84-43-53-92(54-44-84)97(105)106-4)95-59-49-87(50-60-95)29-25-80-15-9-77(10-16-80)19-22-83-35-41-91(42-36-83)65-109-74(3)104/h5-16,31-62H,63-71H2,1-4H3. The van der Waals surface area contributed by atoms with Crippen molar-refractivity contribution in [1.82, 2.24) is 0 Å². The van der Waals surface area contributed by atoms with E-state index in [2.05, 4.69) is 180 Å². The van der Waals surface area contributed by atoms with Crippen LogP contribution in [0, 0.1) is 82.9 Å². The molecule has 109 heavy (non-hydrogen) atoms. The molecule has 0 aromatic heterocycles. The molecule has 8 heteroatoms. The lowest BCUT2D eigenvalue weighted by Crippen LogP contribution is -2.67. The zero-order chi connectivity index (χ0) is 75.2. The Kier molecular flexibility index (Phi) is 22.6. The van der Waals surface area contributed by atoms with Gasteiger partial charge in [-0.05, 0) is 281 Å². The van der Waals surface area contributed by atoms with Gasteiger partial charge in [0.25, 0.3) is 0 Å². The molecule has 0 heterocycles. The van der Waals surface area contributed by atoms with Crippen LogP contribution >= 0.6 is 35.3 Å². The first kappa shape index (κ1) is 73.8. The first-order valence-corrected chi connectivity index (χ1v) is 39.2. The number of esters is 1. The molecular formula is C101H74O5S3. The van der Waals surface area contributed by atoms with E-state index in [-0.39, 0.29) is 43.0 Å². The molecule has 526 valence electrons. The molecule has 0 saturated heterocycles. The molecule has 4 saturated carbocycles. The Morgan fingerprint density at radius 3 is 0.550 bits per heavy atom. The zero-order valence-electron chi connectivity index (χ0n) is 61.0. The summed E-state index contributed by atoms with van der Waals surface area (Å²) in [6.45, 7) is 4.77. The Morgan fingerprint density at radius 1 is 0.248 bits per heavy atom. The molecule has 0 spiro atoms. The van der Waals surface area contributed by atoms with Gasteiger partial charge in [0.2, 0.25) is 0 Å². The second-order valence-corrected chi connectivity index (χ2v) is 31.9. The SMILES string of the molecule is COC(=O)c1ccc(C#Cc2ccc(C34CC5(c6ccc(C#Cc7ccc(C#Cc8ccc(CSC(C)=O)cc8)cc7)cc6)CC(c6ccc(C#Cc7ccc(C#Cc8ccc(CSC(C)=O)cc8)cc7)cc6)(CC(c6ccc(C#Cc7ccc(C#Cc8ccc(CSC(C)=O)cc8)cc7)cc6)(C5)C3)C4)cc2)cc1. The smallest absolute Gasteiger partial charge is 0.337 e. The molecule has 11 aromatic carbocycles. The summed E-state index contributed by atoms with van der Waals surface area (Å²) in [6, 6.07) is 92.2. The van der Waals surface area contributed by atoms with Crippen LogP contribution in [0.15, 0.2) is 267 Å². The van der Waals surface area contributed by atoms with Crippen LogP contribution in [0.5, 0.6) is 0 Å². The molecule has 4 bridgehead atoms. The summed E-state index contributed by atoms with van der Waals surface area (Å²) in [5.41, 5.74) is 20.8. The summed E-state index contributed by atoms with van der Waals surface area (Å²) in [4.78, 5) is 46.7. The third kappa shape index (κ3) is 18.5. The van der Waals surface area contributed by atoms with Crippen LogP contribution in [0.3, 0.4) is 0 Å². The minimum atomic E-state index is -0.382. The van der Waals surface area contributed by atoms with E-state index in [1.54, 1.807) is 32.9 Å². The Balaban J connectivity index is 0.781. The van der Waals surface area contributed by atoms with Crippen molar-refractivity contribution < 1.29 is 23.9 Å². The van der Waals surface area contributed by atoms with E-state index in [1.807, 2.05) is 158 Å². The molecule has 0 unspecified atom stereocenters. The second kappa shape index (κ2) is 33.3. The predicted octanol–water partition coefficient (Wildman–Crippen LogP) is 20.0. The maximum absolute atomic E-state index is 12.2. The van der Waals surface area contributed by atoms with Crippen molar-refractivity contribution in [3.63, 3.8) is 0 Å². The Labute approximate surface area is 653 Å². The molecule has 0 radical (unpaired) electrons.